The van der Waals surface area contributed by atoms with E-state index in [4.69, 9.17) is 58.0 Å². The molecule has 0 saturated carbocycles. The summed E-state index contributed by atoms with van der Waals surface area (Å²) >= 11 is 28.0. The molecular formula is C6Cl6Mg. The Morgan fingerprint density at radius 2 is 1.00 bits per heavy atom. The summed E-state index contributed by atoms with van der Waals surface area (Å²) in [6.07, 6.45) is 0. The average Bonchev–Trinajstić information content (AvgIpc) is 1.97. The Morgan fingerprint density at radius 1 is 0.692 bits per heavy atom. The monoisotopic (exact) mass is 306 g/mol. The number of hydrogen-bond acceptors (Lipinski definition) is 0. The summed E-state index contributed by atoms with van der Waals surface area (Å²) in [5.74, 6) is 0. The third kappa shape index (κ3) is 4.00. The quantitative estimate of drug-likeness (QED) is 0.294. The molecular weight excluding hydrogens is 309 g/mol. The normalized spacial score (nSPS) is 8.69. The second kappa shape index (κ2) is 7.07. The van der Waals surface area contributed by atoms with Crippen LogP contribution in [0.3, 0.4) is 0 Å². The van der Waals surface area contributed by atoms with E-state index in [2.05, 4.69) is 6.07 Å². The van der Waals surface area contributed by atoms with Crippen molar-refractivity contribution in [3.63, 3.8) is 0 Å². The second-order valence-electron chi connectivity index (χ2n) is 1.69. The van der Waals surface area contributed by atoms with Crippen LogP contribution in [0.4, 0.5) is 0 Å². The van der Waals surface area contributed by atoms with Crippen molar-refractivity contribution >= 4 is 81.1 Å². The third-order valence-electron chi connectivity index (χ3n) is 0.990. The molecule has 7 heteroatoms. The second-order valence-corrected chi connectivity index (χ2v) is 3.58. The maximum Gasteiger partial charge on any atom is 2.00 e. The molecule has 0 aliphatic carbocycles. The van der Waals surface area contributed by atoms with Crippen molar-refractivity contribution in [3.8, 4) is 0 Å². The summed E-state index contributed by atoms with van der Waals surface area (Å²) < 4.78 is 0. The molecule has 1 rings (SSSR count). The molecule has 0 fully saturated rings. The average molecular weight is 309 g/mol. The van der Waals surface area contributed by atoms with Gasteiger partial charge in [-0.05, 0) is 15.1 Å². The molecule has 0 spiro atoms. The maximum absolute atomic E-state index is 5.64. The zero-order chi connectivity index (χ0) is 8.59. The summed E-state index contributed by atoms with van der Waals surface area (Å²) in [6, 6.07) is 2.53. The van der Waals surface area contributed by atoms with Crippen molar-refractivity contribution in [1.29, 1.82) is 0 Å². The van der Waals surface area contributed by atoms with Gasteiger partial charge in [0, 0.05) is 0 Å². The SMILES string of the molecule is Clc1[c-]c(Cl)c(Cl)c(Cl)c1Cl.[Cl-].[Mg+2]. The topological polar surface area (TPSA) is 0 Å². The van der Waals surface area contributed by atoms with Gasteiger partial charge >= 0.3 is 23.1 Å². The van der Waals surface area contributed by atoms with Gasteiger partial charge in [0.1, 0.15) is 0 Å². The fourth-order valence-corrected chi connectivity index (χ4v) is 1.54. The van der Waals surface area contributed by atoms with Gasteiger partial charge in [0.05, 0.1) is 0 Å². The molecule has 0 heterocycles. The fourth-order valence-electron chi connectivity index (χ4n) is 0.495. The minimum absolute atomic E-state index is 0. The summed E-state index contributed by atoms with van der Waals surface area (Å²) in [5.41, 5.74) is 0. The van der Waals surface area contributed by atoms with E-state index in [9.17, 15) is 0 Å². The molecule has 1 aromatic carbocycles. The van der Waals surface area contributed by atoms with Gasteiger partial charge in [-0.2, -0.15) is 23.2 Å². The minimum atomic E-state index is 0. The molecule has 0 atom stereocenters. The first-order valence-electron chi connectivity index (χ1n) is 2.44. The van der Waals surface area contributed by atoms with Crippen molar-refractivity contribution in [1.82, 2.24) is 0 Å². The molecule has 13 heavy (non-hydrogen) atoms. The molecule has 0 N–H and O–H groups in total. The number of rotatable bonds is 0. The molecule has 0 radical (unpaired) electrons. The molecule has 68 valence electrons. The molecule has 0 aliphatic rings. The molecule has 0 bridgehead atoms. The molecule has 0 aliphatic heterocycles. The van der Waals surface area contributed by atoms with Gasteiger partial charge in [0.2, 0.25) is 0 Å². The van der Waals surface area contributed by atoms with Crippen LogP contribution in [0.2, 0.25) is 25.1 Å². The standard InChI is InChI=1S/C6Cl5.ClH.Mg/c7-2-1-3(8)5(10)6(11)4(2)9;;/h;1H;/q-1;;+2/p-1. The summed E-state index contributed by atoms with van der Waals surface area (Å²) in [6.45, 7) is 0. The Labute approximate surface area is 123 Å². The molecule has 0 unspecified atom stereocenters. The van der Waals surface area contributed by atoms with Crippen LogP contribution in [-0.2, 0) is 0 Å². The zero-order valence-corrected chi connectivity index (χ0v) is 11.9. The van der Waals surface area contributed by atoms with Crippen LogP contribution in [0.1, 0.15) is 0 Å². The Kier molecular flexibility index (Phi) is 9.32. The first-order valence-corrected chi connectivity index (χ1v) is 4.33. The van der Waals surface area contributed by atoms with Crippen LogP contribution in [0.15, 0.2) is 0 Å². The van der Waals surface area contributed by atoms with Crippen molar-refractivity contribution in [2.24, 2.45) is 0 Å². The molecule has 0 aromatic heterocycles. The van der Waals surface area contributed by atoms with Crippen LogP contribution in [0.5, 0.6) is 0 Å². The van der Waals surface area contributed by atoms with Gasteiger partial charge in [-0.1, -0.05) is 10.0 Å². The van der Waals surface area contributed by atoms with Gasteiger partial charge in [-0.25, -0.2) is 0 Å². The summed E-state index contributed by atoms with van der Waals surface area (Å²) in [7, 11) is 0. The van der Waals surface area contributed by atoms with Crippen LogP contribution in [-0.4, -0.2) is 23.1 Å². The van der Waals surface area contributed by atoms with Crippen LogP contribution >= 0.6 is 58.0 Å². The number of halogens is 6. The Morgan fingerprint density at radius 3 is 1.31 bits per heavy atom. The predicted octanol–water partition coefficient (Wildman–Crippen LogP) is 1.38. The van der Waals surface area contributed by atoms with Gasteiger partial charge in [-0.15, -0.1) is 40.9 Å². The summed E-state index contributed by atoms with van der Waals surface area (Å²) in [5, 5.41) is 0.838. The predicted molar refractivity (Wildman–Crippen MR) is 56.1 cm³/mol. The van der Waals surface area contributed by atoms with Gasteiger partial charge in [0.15, 0.2) is 0 Å². The first kappa shape index (κ1) is 17.1. The van der Waals surface area contributed by atoms with E-state index < -0.39 is 0 Å². The van der Waals surface area contributed by atoms with E-state index in [1.165, 1.54) is 0 Å². The third-order valence-corrected chi connectivity index (χ3v) is 3.08. The van der Waals surface area contributed by atoms with E-state index in [-0.39, 0.29) is 60.6 Å². The Hall–Kier alpha value is 1.73. The zero-order valence-electron chi connectivity index (χ0n) is 5.97. The van der Waals surface area contributed by atoms with Crippen molar-refractivity contribution in [2.45, 2.75) is 0 Å². The first-order chi connectivity index (χ1) is 5.04. The van der Waals surface area contributed by atoms with Gasteiger partial charge in [-0.3, -0.25) is 0 Å². The van der Waals surface area contributed by atoms with Gasteiger partial charge < -0.3 is 12.4 Å². The van der Waals surface area contributed by atoms with Crippen molar-refractivity contribution < 1.29 is 12.4 Å². The smallest absolute Gasteiger partial charge is 1.00 e. The van der Waals surface area contributed by atoms with Crippen molar-refractivity contribution in [3.05, 3.63) is 31.2 Å². The Bertz CT molecular complexity index is 273. The number of benzene rings is 1. The van der Waals surface area contributed by atoms with E-state index in [0.717, 1.165) is 0 Å². The molecule has 0 amide bonds. The van der Waals surface area contributed by atoms with E-state index in [0.29, 0.717) is 0 Å². The van der Waals surface area contributed by atoms with Gasteiger partial charge in [0.25, 0.3) is 0 Å². The van der Waals surface area contributed by atoms with Crippen LogP contribution in [0, 0.1) is 6.07 Å². The minimum Gasteiger partial charge on any atom is -1.00 e. The summed E-state index contributed by atoms with van der Waals surface area (Å²) in [4.78, 5) is 0. The maximum atomic E-state index is 5.64. The fraction of sp³-hybridized carbons (Fsp3) is 0. The van der Waals surface area contributed by atoms with E-state index >= 15 is 0 Å². The molecule has 0 saturated heterocycles. The van der Waals surface area contributed by atoms with Crippen LogP contribution in [0.25, 0.3) is 0 Å². The van der Waals surface area contributed by atoms with Crippen LogP contribution < -0.4 is 12.4 Å². The van der Waals surface area contributed by atoms with Crippen molar-refractivity contribution in [2.75, 3.05) is 0 Å². The van der Waals surface area contributed by atoms with E-state index in [1.54, 1.807) is 0 Å². The van der Waals surface area contributed by atoms with E-state index in [1.807, 2.05) is 0 Å². The molecule has 1 aromatic rings. The molecule has 0 nitrogen and oxygen atoms in total. The number of hydrogen-bond donors (Lipinski definition) is 0. The Balaban J connectivity index is 0. The largest absolute Gasteiger partial charge is 2.00 e.